The zero-order valence-electron chi connectivity index (χ0n) is 17.4. The largest absolute Gasteiger partial charge is 0.480 e. The van der Waals surface area contributed by atoms with Crippen LogP contribution in [0, 0.1) is 0 Å². The molecule has 3 N–H and O–H groups in total. The van der Waals surface area contributed by atoms with E-state index in [1.54, 1.807) is 0 Å². The number of carboxylic acids is 1. The highest BCUT2D eigenvalue weighted by atomic mass is 16.5. The molecule has 0 aliphatic heterocycles. The van der Waals surface area contributed by atoms with Crippen molar-refractivity contribution in [2.75, 3.05) is 0 Å². The molecule has 1 fully saturated rings. The van der Waals surface area contributed by atoms with Crippen molar-refractivity contribution in [1.82, 2.24) is 10.6 Å². The Balaban J connectivity index is 1.69. The van der Waals surface area contributed by atoms with E-state index < -0.39 is 29.6 Å². The Labute approximate surface area is 181 Å². The highest BCUT2D eigenvalue weighted by Crippen LogP contribution is 2.28. The van der Waals surface area contributed by atoms with Gasteiger partial charge in [0, 0.05) is 6.42 Å². The fourth-order valence-corrected chi connectivity index (χ4v) is 3.84. The van der Waals surface area contributed by atoms with E-state index >= 15 is 0 Å². The molecular formula is C24H28N2O5. The number of nitrogens with one attached hydrogen (secondary N) is 2. The van der Waals surface area contributed by atoms with Crippen LogP contribution in [0.15, 0.2) is 60.7 Å². The first-order chi connectivity index (χ1) is 15.0. The normalized spacial score (nSPS) is 16.0. The van der Waals surface area contributed by atoms with E-state index in [0.29, 0.717) is 12.8 Å². The van der Waals surface area contributed by atoms with Crippen molar-refractivity contribution in [3.63, 3.8) is 0 Å². The first kappa shape index (κ1) is 22.3. The maximum absolute atomic E-state index is 13.1. The molecule has 7 heteroatoms. The zero-order chi connectivity index (χ0) is 22.1. The third-order valence-electron chi connectivity index (χ3n) is 5.58. The number of aliphatic carboxylic acids is 1. The van der Waals surface area contributed by atoms with Crippen molar-refractivity contribution in [3.05, 3.63) is 71.8 Å². The number of carbonyl (C=O) groups is 3. The van der Waals surface area contributed by atoms with Crippen LogP contribution in [0.1, 0.15) is 43.2 Å². The van der Waals surface area contributed by atoms with Crippen LogP contribution in [0.5, 0.6) is 0 Å². The summed E-state index contributed by atoms with van der Waals surface area (Å²) >= 11 is 0. The van der Waals surface area contributed by atoms with Gasteiger partial charge in [-0.05, 0) is 24.0 Å². The van der Waals surface area contributed by atoms with Crippen LogP contribution in [-0.2, 0) is 27.4 Å². The monoisotopic (exact) mass is 424 g/mol. The second-order valence-electron chi connectivity index (χ2n) is 7.89. The molecule has 0 saturated heterocycles. The molecule has 0 radical (unpaired) electrons. The molecule has 0 spiro atoms. The minimum absolute atomic E-state index is 0.0748. The van der Waals surface area contributed by atoms with Gasteiger partial charge in [-0.15, -0.1) is 0 Å². The summed E-state index contributed by atoms with van der Waals surface area (Å²) in [7, 11) is 0. The van der Waals surface area contributed by atoms with Crippen LogP contribution in [0.4, 0.5) is 4.79 Å². The molecule has 1 saturated carbocycles. The minimum atomic E-state index is -1.29. The lowest BCUT2D eigenvalue weighted by atomic mass is 9.81. The molecule has 2 aromatic carbocycles. The van der Waals surface area contributed by atoms with Crippen molar-refractivity contribution in [2.45, 2.75) is 56.7 Å². The topological polar surface area (TPSA) is 105 Å². The molecule has 164 valence electrons. The van der Waals surface area contributed by atoms with Crippen LogP contribution in [0.2, 0.25) is 0 Å². The SMILES string of the molecule is O=C(N[C@@H](Cc1ccccc1)C(=O)NC1(C(=O)O)CCCCC1)OCc1ccccc1. The Morgan fingerprint density at radius 2 is 1.48 bits per heavy atom. The van der Waals surface area contributed by atoms with E-state index in [9.17, 15) is 19.5 Å². The average molecular weight is 424 g/mol. The highest BCUT2D eigenvalue weighted by molar-refractivity contribution is 5.91. The molecular weight excluding hydrogens is 396 g/mol. The van der Waals surface area contributed by atoms with Gasteiger partial charge in [0.05, 0.1) is 0 Å². The number of hydrogen-bond acceptors (Lipinski definition) is 4. The Kier molecular flexibility index (Phi) is 7.65. The Bertz CT molecular complexity index is 879. The molecule has 1 aliphatic carbocycles. The predicted octanol–water partition coefficient (Wildman–Crippen LogP) is 3.43. The number of alkyl carbamates (subject to hydrolysis) is 1. The van der Waals surface area contributed by atoms with Crippen LogP contribution < -0.4 is 10.6 Å². The van der Waals surface area contributed by atoms with Gasteiger partial charge < -0.3 is 20.5 Å². The Hall–Kier alpha value is -3.35. The van der Waals surface area contributed by atoms with E-state index in [4.69, 9.17) is 4.74 Å². The molecule has 7 nitrogen and oxygen atoms in total. The van der Waals surface area contributed by atoms with Crippen LogP contribution in [-0.4, -0.2) is 34.7 Å². The summed E-state index contributed by atoms with van der Waals surface area (Å²) < 4.78 is 5.26. The quantitative estimate of drug-likeness (QED) is 0.602. The van der Waals surface area contributed by atoms with E-state index in [2.05, 4.69) is 10.6 Å². The van der Waals surface area contributed by atoms with Gasteiger partial charge in [-0.3, -0.25) is 4.79 Å². The third kappa shape index (κ3) is 6.31. The maximum atomic E-state index is 13.1. The molecule has 0 heterocycles. The van der Waals surface area contributed by atoms with Crippen LogP contribution in [0.3, 0.4) is 0 Å². The lowest BCUT2D eigenvalue weighted by Crippen LogP contribution is -2.60. The van der Waals surface area contributed by atoms with Gasteiger partial charge in [0.2, 0.25) is 5.91 Å². The smallest absolute Gasteiger partial charge is 0.408 e. The molecule has 0 aromatic heterocycles. The second-order valence-corrected chi connectivity index (χ2v) is 7.89. The Morgan fingerprint density at radius 3 is 2.06 bits per heavy atom. The molecule has 2 aromatic rings. The molecule has 0 unspecified atom stereocenters. The number of amides is 2. The third-order valence-corrected chi connectivity index (χ3v) is 5.58. The molecule has 1 aliphatic rings. The lowest BCUT2D eigenvalue weighted by Gasteiger charge is -2.35. The number of ether oxygens (including phenoxy) is 1. The molecule has 3 rings (SSSR count). The molecule has 31 heavy (non-hydrogen) atoms. The summed E-state index contributed by atoms with van der Waals surface area (Å²) in [6, 6.07) is 17.5. The number of rotatable bonds is 8. The van der Waals surface area contributed by atoms with E-state index in [1.165, 1.54) is 0 Å². The predicted molar refractivity (Wildman–Crippen MR) is 115 cm³/mol. The number of carboxylic acid groups (broad SMARTS) is 1. The van der Waals surface area contributed by atoms with Gasteiger partial charge >= 0.3 is 12.1 Å². The summed E-state index contributed by atoms with van der Waals surface area (Å²) in [6.07, 6.45) is 2.68. The summed E-state index contributed by atoms with van der Waals surface area (Å²) in [5.41, 5.74) is 0.382. The molecule has 2 amide bonds. The minimum Gasteiger partial charge on any atom is -0.480 e. The highest BCUT2D eigenvalue weighted by Gasteiger charge is 2.42. The van der Waals surface area contributed by atoms with Crippen molar-refractivity contribution < 1.29 is 24.2 Å². The van der Waals surface area contributed by atoms with Crippen LogP contribution >= 0.6 is 0 Å². The number of hydrogen-bond donors (Lipinski definition) is 3. The van der Waals surface area contributed by atoms with Crippen molar-refractivity contribution >= 4 is 18.0 Å². The fraction of sp³-hybridized carbons (Fsp3) is 0.375. The summed E-state index contributed by atoms with van der Waals surface area (Å²) in [6.45, 7) is 0.0748. The van der Waals surface area contributed by atoms with Gasteiger partial charge in [-0.25, -0.2) is 9.59 Å². The summed E-state index contributed by atoms with van der Waals surface area (Å²) in [5, 5.41) is 15.1. The van der Waals surface area contributed by atoms with Gasteiger partial charge in [-0.2, -0.15) is 0 Å². The van der Waals surface area contributed by atoms with Gasteiger partial charge in [0.15, 0.2) is 0 Å². The van der Waals surface area contributed by atoms with Gasteiger partial charge in [0.25, 0.3) is 0 Å². The van der Waals surface area contributed by atoms with Crippen LogP contribution in [0.25, 0.3) is 0 Å². The zero-order valence-corrected chi connectivity index (χ0v) is 17.4. The standard InChI is InChI=1S/C24H28N2O5/c27-21(26-24(22(28)29)14-8-3-9-15-24)20(16-18-10-4-1-5-11-18)25-23(30)31-17-19-12-6-2-7-13-19/h1-2,4-7,10-13,20H,3,8-9,14-17H2,(H,25,30)(H,26,27)(H,28,29)/t20-/m0/s1. The van der Waals surface area contributed by atoms with E-state index in [0.717, 1.165) is 30.4 Å². The van der Waals surface area contributed by atoms with Crippen molar-refractivity contribution in [2.24, 2.45) is 0 Å². The summed E-state index contributed by atoms with van der Waals surface area (Å²) in [5.74, 6) is -1.56. The first-order valence-corrected chi connectivity index (χ1v) is 10.5. The molecule has 1 atom stereocenters. The Morgan fingerprint density at radius 1 is 0.903 bits per heavy atom. The van der Waals surface area contributed by atoms with E-state index in [1.807, 2.05) is 60.7 Å². The number of benzene rings is 2. The maximum Gasteiger partial charge on any atom is 0.408 e. The second kappa shape index (κ2) is 10.6. The average Bonchev–Trinajstić information content (AvgIpc) is 2.79. The summed E-state index contributed by atoms with van der Waals surface area (Å²) in [4.78, 5) is 37.4. The number of carbonyl (C=O) groups excluding carboxylic acids is 2. The van der Waals surface area contributed by atoms with Gasteiger partial charge in [-0.1, -0.05) is 79.9 Å². The van der Waals surface area contributed by atoms with Gasteiger partial charge in [0.1, 0.15) is 18.2 Å². The molecule has 0 bridgehead atoms. The van der Waals surface area contributed by atoms with Crippen molar-refractivity contribution in [1.29, 1.82) is 0 Å². The van der Waals surface area contributed by atoms with E-state index in [-0.39, 0.29) is 13.0 Å². The van der Waals surface area contributed by atoms with Crippen molar-refractivity contribution in [3.8, 4) is 0 Å². The fourth-order valence-electron chi connectivity index (χ4n) is 3.84. The lowest BCUT2D eigenvalue weighted by molar-refractivity contribution is -0.149. The first-order valence-electron chi connectivity index (χ1n) is 10.5.